The minimum atomic E-state index is 0.748. The maximum Gasteiger partial charge on any atom is 0.213 e. The van der Waals surface area contributed by atoms with E-state index < -0.39 is 0 Å². The van der Waals surface area contributed by atoms with Crippen molar-refractivity contribution in [2.24, 2.45) is 7.05 Å². The van der Waals surface area contributed by atoms with Crippen LogP contribution in [0.2, 0.25) is 0 Å². The molecule has 2 aromatic rings. The predicted octanol–water partition coefficient (Wildman–Crippen LogP) is 2.66. The summed E-state index contributed by atoms with van der Waals surface area (Å²) >= 11 is 0. The van der Waals surface area contributed by atoms with E-state index in [1.165, 1.54) is 16.7 Å². The van der Waals surface area contributed by atoms with Crippen LogP contribution in [0.15, 0.2) is 24.3 Å². The van der Waals surface area contributed by atoms with Gasteiger partial charge in [-0.2, -0.15) is 5.10 Å². The van der Waals surface area contributed by atoms with E-state index in [1.54, 1.807) is 11.8 Å². The van der Waals surface area contributed by atoms with Crippen molar-refractivity contribution < 1.29 is 4.74 Å². The van der Waals surface area contributed by atoms with Crippen LogP contribution >= 0.6 is 0 Å². The summed E-state index contributed by atoms with van der Waals surface area (Å²) in [6, 6.07) is 8.37. The second-order valence-corrected chi connectivity index (χ2v) is 4.47. The van der Waals surface area contributed by atoms with Gasteiger partial charge >= 0.3 is 0 Å². The fraction of sp³-hybridized carbons (Fsp3) is 0.357. The third-order valence-electron chi connectivity index (χ3n) is 3.09. The molecule has 0 spiro atoms. The molecule has 0 aliphatic heterocycles. The number of benzene rings is 1. The Labute approximate surface area is 108 Å². The van der Waals surface area contributed by atoms with Gasteiger partial charge in [-0.3, -0.25) is 0 Å². The van der Waals surface area contributed by atoms with E-state index in [4.69, 9.17) is 4.74 Å². The quantitative estimate of drug-likeness (QED) is 0.900. The number of ether oxygens (including phenoxy) is 1. The molecular weight excluding hydrogens is 226 g/mol. The molecule has 96 valence electrons. The van der Waals surface area contributed by atoms with Crippen molar-refractivity contribution in [2.45, 2.75) is 20.4 Å². The van der Waals surface area contributed by atoms with Crippen LogP contribution in [0, 0.1) is 13.8 Å². The zero-order valence-corrected chi connectivity index (χ0v) is 11.3. The van der Waals surface area contributed by atoms with E-state index in [-0.39, 0.29) is 0 Å². The highest BCUT2D eigenvalue weighted by molar-refractivity contribution is 5.40. The number of nitrogens with one attached hydrogen (secondary N) is 1. The summed E-state index contributed by atoms with van der Waals surface area (Å²) in [6.45, 7) is 5.01. The first-order valence-corrected chi connectivity index (χ1v) is 5.98. The van der Waals surface area contributed by atoms with E-state index >= 15 is 0 Å². The minimum Gasteiger partial charge on any atom is -0.481 e. The maximum absolute atomic E-state index is 5.17. The topological polar surface area (TPSA) is 39.1 Å². The van der Waals surface area contributed by atoms with Crippen LogP contribution in [0.25, 0.3) is 0 Å². The van der Waals surface area contributed by atoms with Crippen molar-refractivity contribution in [2.75, 3.05) is 12.4 Å². The Kier molecular flexibility index (Phi) is 3.55. The highest BCUT2D eigenvalue weighted by Gasteiger charge is 2.04. The maximum atomic E-state index is 5.17. The highest BCUT2D eigenvalue weighted by Crippen LogP contribution is 2.16. The highest BCUT2D eigenvalue weighted by atomic mass is 16.5. The van der Waals surface area contributed by atoms with E-state index in [2.05, 4.69) is 42.5 Å². The van der Waals surface area contributed by atoms with E-state index in [9.17, 15) is 0 Å². The van der Waals surface area contributed by atoms with E-state index in [0.29, 0.717) is 0 Å². The van der Waals surface area contributed by atoms with Gasteiger partial charge in [-0.1, -0.05) is 18.2 Å². The van der Waals surface area contributed by atoms with Crippen LogP contribution in [0.1, 0.15) is 16.7 Å². The summed E-state index contributed by atoms with van der Waals surface area (Å²) in [5.41, 5.74) is 3.88. The van der Waals surface area contributed by atoms with Gasteiger partial charge in [-0.25, -0.2) is 4.68 Å². The molecule has 0 amide bonds. The molecule has 2 rings (SSSR count). The summed E-state index contributed by atoms with van der Waals surface area (Å²) in [7, 11) is 3.50. The zero-order valence-electron chi connectivity index (χ0n) is 11.3. The molecule has 0 fully saturated rings. The lowest BCUT2D eigenvalue weighted by atomic mass is 10.1. The fourth-order valence-electron chi connectivity index (χ4n) is 1.83. The number of nitrogens with zero attached hydrogens (tertiary/aromatic N) is 2. The largest absolute Gasteiger partial charge is 0.481 e. The second-order valence-electron chi connectivity index (χ2n) is 4.47. The SMILES string of the molecule is COc1cc(NCc2ccc(C)c(C)c2)nn1C. The predicted molar refractivity (Wildman–Crippen MR) is 73.0 cm³/mol. The Hall–Kier alpha value is -1.97. The molecule has 0 radical (unpaired) electrons. The molecule has 0 unspecified atom stereocenters. The Morgan fingerprint density at radius 1 is 1.22 bits per heavy atom. The summed E-state index contributed by atoms with van der Waals surface area (Å²) in [5.74, 6) is 1.57. The van der Waals surface area contributed by atoms with E-state index in [0.717, 1.165) is 18.2 Å². The van der Waals surface area contributed by atoms with Gasteiger partial charge in [-0.05, 0) is 30.5 Å². The summed E-state index contributed by atoms with van der Waals surface area (Å²) in [5, 5.41) is 7.61. The average molecular weight is 245 g/mol. The molecule has 1 heterocycles. The molecule has 0 aliphatic rings. The first kappa shape index (κ1) is 12.5. The smallest absolute Gasteiger partial charge is 0.213 e. The van der Waals surface area contributed by atoms with Gasteiger partial charge in [0.15, 0.2) is 5.82 Å². The Balaban J connectivity index is 2.04. The van der Waals surface area contributed by atoms with Crippen LogP contribution < -0.4 is 10.1 Å². The molecule has 0 saturated heterocycles. The number of rotatable bonds is 4. The summed E-state index contributed by atoms with van der Waals surface area (Å²) in [4.78, 5) is 0. The van der Waals surface area contributed by atoms with Crippen LogP contribution in [0.3, 0.4) is 0 Å². The summed E-state index contributed by atoms with van der Waals surface area (Å²) in [6.07, 6.45) is 0. The van der Waals surface area contributed by atoms with Crippen molar-refractivity contribution in [3.05, 3.63) is 41.0 Å². The van der Waals surface area contributed by atoms with Crippen LogP contribution in [0.5, 0.6) is 5.88 Å². The van der Waals surface area contributed by atoms with E-state index in [1.807, 2.05) is 13.1 Å². The van der Waals surface area contributed by atoms with Crippen molar-refractivity contribution >= 4 is 5.82 Å². The molecule has 0 bridgehead atoms. The van der Waals surface area contributed by atoms with Crippen LogP contribution in [-0.4, -0.2) is 16.9 Å². The average Bonchev–Trinajstić information content (AvgIpc) is 2.71. The van der Waals surface area contributed by atoms with Gasteiger partial charge in [0.2, 0.25) is 5.88 Å². The van der Waals surface area contributed by atoms with Crippen LogP contribution in [-0.2, 0) is 13.6 Å². The molecule has 4 nitrogen and oxygen atoms in total. The lowest BCUT2D eigenvalue weighted by Gasteiger charge is -2.06. The van der Waals surface area contributed by atoms with Crippen molar-refractivity contribution in [3.8, 4) is 5.88 Å². The van der Waals surface area contributed by atoms with Gasteiger partial charge in [0.05, 0.1) is 7.11 Å². The number of aromatic nitrogens is 2. The van der Waals surface area contributed by atoms with Crippen molar-refractivity contribution in [3.63, 3.8) is 0 Å². The molecule has 1 aromatic heterocycles. The lowest BCUT2D eigenvalue weighted by Crippen LogP contribution is -2.01. The van der Waals surface area contributed by atoms with Gasteiger partial charge in [0, 0.05) is 19.7 Å². The molecule has 4 heteroatoms. The number of methoxy groups -OCH3 is 1. The second kappa shape index (κ2) is 5.12. The summed E-state index contributed by atoms with van der Waals surface area (Å²) < 4.78 is 6.88. The molecule has 0 aliphatic carbocycles. The van der Waals surface area contributed by atoms with Crippen LogP contribution in [0.4, 0.5) is 5.82 Å². The van der Waals surface area contributed by atoms with Gasteiger partial charge in [0.25, 0.3) is 0 Å². The lowest BCUT2D eigenvalue weighted by molar-refractivity contribution is 0.373. The van der Waals surface area contributed by atoms with Crippen molar-refractivity contribution in [1.82, 2.24) is 9.78 Å². The third-order valence-corrected chi connectivity index (χ3v) is 3.09. The number of hydrogen-bond acceptors (Lipinski definition) is 3. The number of aryl methyl sites for hydroxylation is 3. The molecule has 1 N–H and O–H groups in total. The first-order valence-electron chi connectivity index (χ1n) is 5.98. The number of hydrogen-bond donors (Lipinski definition) is 1. The normalized spacial score (nSPS) is 10.4. The van der Waals surface area contributed by atoms with Gasteiger partial charge in [0.1, 0.15) is 0 Å². The Morgan fingerprint density at radius 2 is 2.00 bits per heavy atom. The molecular formula is C14H19N3O. The third kappa shape index (κ3) is 2.64. The first-order chi connectivity index (χ1) is 8.60. The Bertz CT molecular complexity index is 546. The number of anilines is 1. The molecule has 0 atom stereocenters. The monoisotopic (exact) mass is 245 g/mol. The van der Waals surface area contributed by atoms with Gasteiger partial charge < -0.3 is 10.1 Å². The molecule has 1 aromatic carbocycles. The zero-order chi connectivity index (χ0) is 13.1. The van der Waals surface area contributed by atoms with Gasteiger partial charge in [-0.15, -0.1) is 0 Å². The fourth-order valence-corrected chi connectivity index (χ4v) is 1.83. The standard InChI is InChI=1S/C14H19N3O/c1-10-5-6-12(7-11(10)2)9-15-13-8-14(18-4)17(3)16-13/h5-8H,9H2,1-4H3,(H,15,16). The Morgan fingerprint density at radius 3 is 2.61 bits per heavy atom. The van der Waals surface area contributed by atoms with Crippen molar-refractivity contribution in [1.29, 1.82) is 0 Å². The minimum absolute atomic E-state index is 0.748. The molecule has 18 heavy (non-hydrogen) atoms. The molecule has 0 saturated carbocycles.